The van der Waals surface area contributed by atoms with Crippen molar-refractivity contribution in [2.75, 3.05) is 0 Å². The molecule has 5 nitrogen and oxygen atoms in total. The first-order valence-electron chi connectivity index (χ1n) is 7.44. The van der Waals surface area contributed by atoms with Crippen molar-refractivity contribution >= 4 is 30.1 Å². The number of hydrogen-bond acceptors (Lipinski definition) is 4. The number of likely N-dealkylation sites (tertiary alicyclic amines) is 1. The second-order valence-electron chi connectivity index (χ2n) is 5.45. The van der Waals surface area contributed by atoms with E-state index in [-0.39, 0.29) is 24.3 Å². The quantitative estimate of drug-likeness (QED) is 0.755. The minimum absolute atomic E-state index is 0.140. The van der Waals surface area contributed by atoms with Gasteiger partial charge in [-0.3, -0.25) is 9.78 Å². The van der Waals surface area contributed by atoms with E-state index in [1.807, 2.05) is 6.92 Å². The van der Waals surface area contributed by atoms with Gasteiger partial charge in [-0.05, 0) is 31.4 Å². The monoisotopic (exact) mass is 322 g/mol. The Bertz CT molecular complexity index is 547. The van der Waals surface area contributed by atoms with E-state index in [1.165, 1.54) is 0 Å². The molecular weight excluding hydrogens is 304 g/mol. The Morgan fingerprint density at radius 3 is 2.73 bits per heavy atom. The van der Waals surface area contributed by atoms with E-state index >= 15 is 0 Å². The van der Waals surface area contributed by atoms with Crippen LogP contribution >= 0.6 is 11.6 Å². The van der Waals surface area contributed by atoms with E-state index in [0.29, 0.717) is 24.3 Å². The van der Waals surface area contributed by atoms with Gasteiger partial charge in [0.05, 0.1) is 22.8 Å². The number of aldehydes is 2. The Balaban J connectivity index is 2.34. The third-order valence-corrected chi connectivity index (χ3v) is 4.36. The van der Waals surface area contributed by atoms with Crippen molar-refractivity contribution in [1.82, 2.24) is 9.88 Å². The molecule has 0 N–H and O–H groups in total. The third-order valence-electron chi connectivity index (χ3n) is 4.13. The van der Waals surface area contributed by atoms with Gasteiger partial charge in [0.15, 0.2) is 0 Å². The van der Waals surface area contributed by atoms with Gasteiger partial charge in [-0.25, -0.2) is 0 Å². The Morgan fingerprint density at radius 2 is 2.18 bits per heavy atom. The molecule has 1 aliphatic rings. The van der Waals surface area contributed by atoms with Crippen molar-refractivity contribution < 1.29 is 14.4 Å². The summed E-state index contributed by atoms with van der Waals surface area (Å²) in [6.07, 6.45) is 5.15. The highest BCUT2D eigenvalue weighted by atomic mass is 35.5. The van der Waals surface area contributed by atoms with E-state index < -0.39 is 6.04 Å². The molecule has 0 radical (unpaired) electrons. The van der Waals surface area contributed by atoms with Gasteiger partial charge in [-0.2, -0.15) is 0 Å². The minimum atomic E-state index is -0.496. The van der Waals surface area contributed by atoms with Crippen molar-refractivity contribution in [2.45, 2.75) is 44.7 Å². The Labute approximate surface area is 134 Å². The molecule has 3 unspecified atom stereocenters. The minimum Gasteiger partial charge on any atom is -0.324 e. The van der Waals surface area contributed by atoms with Gasteiger partial charge in [0.2, 0.25) is 5.91 Å². The van der Waals surface area contributed by atoms with Crippen LogP contribution in [-0.2, 0) is 14.4 Å². The van der Waals surface area contributed by atoms with Crippen LogP contribution in [0.1, 0.15) is 44.3 Å². The molecule has 0 saturated carbocycles. The van der Waals surface area contributed by atoms with Crippen LogP contribution < -0.4 is 0 Å². The van der Waals surface area contributed by atoms with Gasteiger partial charge < -0.3 is 14.5 Å². The molecule has 2 heterocycles. The highest BCUT2D eigenvalue weighted by Crippen LogP contribution is 2.36. The van der Waals surface area contributed by atoms with E-state index in [0.717, 1.165) is 18.3 Å². The van der Waals surface area contributed by atoms with Crippen molar-refractivity contribution in [3.63, 3.8) is 0 Å². The fraction of sp³-hybridized carbons (Fsp3) is 0.500. The highest BCUT2D eigenvalue weighted by molar-refractivity contribution is 6.30. The lowest BCUT2D eigenvalue weighted by Crippen LogP contribution is -2.49. The number of carbonyl (C=O) groups is 3. The normalized spacial score (nSPS) is 23.2. The van der Waals surface area contributed by atoms with Crippen LogP contribution in [0.2, 0.25) is 5.02 Å². The van der Waals surface area contributed by atoms with Crippen LogP contribution in [0.25, 0.3) is 0 Å². The van der Waals surface area contributed by atoms with Crippen molar-refractivity contribution in [3.8, 4) is 0 Å². The molecule has 1 fully saturated rings. The number of rotatable bonds is 6. The fourth-order valence-corrected chi connectivity index (χ4v) is 3.06. The molecule has 1 aromatic rings. The van der Waals surface area contributed by atoms with Crippen molar-refractivity contribution in [2.24, 2.45) is 5.92 Å². The number of piperidine rings is 1. The molecular formula is C16H19ClN2O3. The molecule has 0 aromatic carbocycles. The van der Waals surface area contributed by atoms with Crippen LogP contribution in [0.3, 0.4) is 0 Å². The average Bonchev–Trinajstić information content (AvgIpc) is 2.53. The number of halogens is 1. The summed E-state index contributed by atoms with van der Waals surface area (Å²) in [7, 11) is 0. The van der Waals surface area contributed by atoms with Crippen LogP contribution in [0.4, 0.5) is 0 Å². The molecule has 0 bridgehead atoms. The Hall–Kier alpha value is -1.75. The number of hydrogen-bond donors (Lipinski definition) is 0. The summed E-state index contributed by atoms with van der Waals surface area (Å²) < 4.78 is 0. The molecule has 2 rings (SSSR count). The maximum Gasteiger partial charge on any atom is 0.227 e. The van der Waals surface area contributed by atoms with E-state index in [9.17, 15) is 14.4 Å². The van der Waals surface area contributed by atoms with Crippen LogP contribution in [0.5, 0.6) is 0 Å². The standard InChI is InChI=1S/C16H19ClN2O3/c1-2-13(10-21)19-15(14-5-4-12(17)9-18-14)6-3-11(7-8-20)16(19)22/h4-5,8-11,13,15H,2-3,6-7H2,1H3. The molecule has 22 heavy (non-hydrogen) atoms. The average molecular weight is 323 g/mol. The second kappa shape index (κ2) is 7.49. The Kier molecular flexibility index (Phi) is 5.66. The lowest BCUT2D eigenvalue weighted by molar-refractivity contribution is -0.148. The van der Waals surface area contributed by atoms with Crippen LogP contribution in [0.15, 0.2) is 18.3 Å². The molecule has 1 amide bonds. The first-order chi connectivity index (χ1) is 10.6. The molecule has 1 aliphatic heterocycles. The molecule has 0 aliphatic carbocycles. The summed E-state index contributed by atoms with van der Waals surface area (Å²) in [5, 5.41) is 0.527. The number of nitrogens with zero attached hydrogens (tertiary/aromatic N) is 2. The van der Waals surface area contributed by atoms with E-state index in [2.05, 4.69) is 4.98 Å². The molecule has 1 saturated heterocycles. The SMILES string of the molecule is CCC(C=O)N1C(=O)C(CC=O)CCC1c1ccc(Cl)cn1. The maximum atomic E-state index is 12.7. The summed E-state index contributed by atoms with van der Waals surface area (Å²) in [6, 6.07) is 2.77. The smallest absolute Gasteiger partial charge is 0.227 e. The van der Waals surface area contributed by atoms with Crippen LogP contribution in [-0.4, -0.2) is 34.4 Å². The van der Waals surface area contributed by atoms with Gasteiger partial charge >= 0.3 is 0 Å². The van der Waals surface area contributed by atoms with Gasteiger partial charge in [0, 0.05) is 18.5 Å². The molecule has 3 atom stereocenters. The third kappa shape index (κ3) is 3.35. The van der Waals surface area contributed by atoms with Crippen molar-refractivity contribution in [3.05, 3.63) is 29.0 Å². The molecule has 1 aromatic heterocycles. The molecule has 118 valence electrons. The zero-order valence-corrected chi connectivity index (χ0v) is 13.2. The highest BCUT2D eigenvalue weighted by Gasteiger charge is 2.39. The number of amides is 1. The largest absolute Gasteiger partial charge is 0.324 e. The van der Waals surface area contributed by atoms with Gasteiger partial charge in [-0.1, -0.05) is 18.5 Å². The first kappa shape index (κ1) is 16.6. The van der Waals surface area contributed by atoms with Crippen molar-refractivity contribution in [1.29, 1.82) is 0 Å². The topological polar surface area (TPSA) is 67.3 Å². The number of aromatic nitrogens is 1. The zero-order chi connectivity index (χ0) is 16.1. The van der Waals surface area contributed by atoms with Gasteiger partial charge in [0.1, 0.15) is 12.6 Å². The maximum absolute atomic E-state index is 12.7. The lowest BCUT2D eigenvalue weighted by Gasteiger charge is -2.41. The number of pyridine rings is 1. The molecule has 0 spiro atoms. The zero-order valence-electron chi connectivity index (χ0n) is 12.4. The summed E-state index contributed by atoms with van der Waals surface area (Å²) in [6.45, 7) is 1.86. The second-order valence-corrected chi connectivity index (χ2v) is 5.89. The van der Waals surface area contributed by atoms with E-state index in [1.54, 1.807) is 23.2 Å². The predicted molar refractivity (Wildman–Crippen MR) is 82.4 cm³/mol. The van der Waals surface area contributed by atoms with Crippen LogP contribution in [0, 0.1) is 5.92 Å². The first-order valence-corrected chi connectivity index (χ1v) is 7.82. The predicted octanol–water partition coefficient (Wildman–Crippen LogP) is 2.58. The number of carbonyl (C=O) groups excluding carboxylic acids is 3. The molecule has 6 heteroatoms. The lowest BCUT2D eigenvalue weighted by atomic mass is 9.87. The fourth-order valence-electron chi connectivity index (χ4n) is 2.95. The van der Waals surface area contributed by atoms with E-state index in [4.69, 9.17) is 11.6 Å². The Morgan fingerprint density at radius 1 is 1.41 bits per heavy atom. The van der Waals surface area contributed by atoms with Gasteiger partial charge in [0.25, 0.3) is 0 Å². The summed E-state index contributed by atoms with van der Waals surface area (Å²) >= 11 is 5.86. The summed E-state index contributed by atoms with van der Waals surface area (Å²) in [4.78, 5) is 40.7. The van der Waals surface area contributed by atoms with Gasteiger partial charge in [-0.15, -0.1) is 0 Å². The summed E-state index contributed by atoms with van der Waals surface area (Å²) in [5.74, 6) is -0.478. The summed E-state index contributed by atoms with van der Waals surface area (Å²) in [5.41, 5.74) is 0.725.